The van der Waals surface area contributed by atoms with Gasteiger partial charge < -0.3 is 9.47 Å². The molecule has 2 nitrogen and oxygen atoms in total. The molecule has 88 valence electrons. The SMILES string of the molecule is COCC(C)/C=C/c1cc(C)ccc1OC. The molecule has 16 heavy (non-hydrogen) atoms. The van der Waals surface area contributed by atoms with E-state index in [2.05, 4.69) is 38.1 Å². The number of aryl methyl sites for hydroxylation is 1. The minimum atomic E-state index is 0.412. The lowest BCUT2D eigenvalue weighted by Crippen LogP contribution is -1.99. The van der Waals surface area contributed by atoms with Gasteiger partial charge in [-0.3, -0.25) is 0 Å². The lowest BCUT2D eigenvalue weighted by atomic mass is 10.1. The normalized spacial score (nSPS) is 13.0. The summed E-state index contributed by atoms with van der Waals surface area (Å²) in [5, 5.41) is 0. The molecule has 0 aromatic heterocycles. The molecule has 0 fully saturated rings. The molecule has 2 heteroatoms. The number of hydrogen-bond donors (Lipinski definition) is 0. The van der Waals surface area contributed by atoms with E-state index in [1.807, 2.05) is 6.07 Å². The van der Waals surface area contributed by atoms with Gasteiger partial charge in [-0.15, -0.1) is 0 Å². The molecular weight excluding hydrogens is 200 g/mol. The van der Waals surface area contributed by atoms with Crippen molar-refractivity contribution in [3.8, 4) is 5.75 Å². The fraction of sp³-hybridized carbons (Fsp3) is 0.429. The summed E-state index contributed by atoms with van der Waals surface area (Å²) >= 11 is 0. The monoisotopic (exact) mass is 220 g/mol. The predicted molar refractivity (Wildman–Crippen MR) is 67.8 cm³/mol. The van der Waals surface area contributed by atoms with Gasteiger partial charge in [-0.05, 0) is 25.0 Å². The fourth-order valence-corrected chi connectivity index (χ4v) is 1.57. The highest BCUT2D eigenvalue weighted by Gasteiger charge is 2.00. The second-order valence-electron chi connectivity index (χ2n) is 4.04. The summed E-state index contributed by atoms with van der Waals surface area (Å²) in [7, 11) is 3.41. The maximum atomic E-state index is 5.31. The highest BCUT2D eigenvalue weighted by atomic mass is 16.5. The van der Waals surface area contributed by atoms with Crippen LogP contribution in [-0.2, 0) is 4.74 Å². The molecule has 0 spiro atoms. The Labute approximate surface area is 97.9 Å². The van der Waals surface area contributed by atoms with E-state index in [-0.39, 0.29) is 0 Å². The fourth-order valence-electron chi connectivity index (χ4n) is 1.57. The van der Waals surface area contributed by atoms with Crippen LogP contribution in [-0.4, -0.2) is 20.8 Å². The Hall–Kier alpha value is -1.28. The molecule has 0 amide bonds. The van der Waals surface area contributed by atoms with Crippen molar-refractivity contribution < 1.29 is 9.47 Å². The minimum absolute atomic E-state index is 0.412. The quantitative estimate of drug-likeness (QED) is 0.758. The Morgan fingerprint density at radius 2 is 2.06 bits per heavy atom. The van der Waals surface area contributed by atoms with Crippen molar-refractivity contribution in [1.29, 1.82) is 0 Å². The summed E-state index contributed by atoms with van der Waals surface area (Å²) < 4.78 is 10.4. The molecular formula is C14H20O2. The van der Waals surface area contributed by atoms with Crippen LogP contribution in [0.1, 0.15) is 18.1 Å². The van der Waals surface area contributed by atoms with Crippen LogP contribution >= 0.6 is 0 Å². The van der Waals surface area contributed by atoms with Gasteiger partial charge in [-0.2, -0.15) is 0 Å². The molecule has 1 aromatic rings. The van der Waals surface area contributed by atoms with E-state index >= 15 is 0 Å². The molecule has 0 heterocycles. The van der Waals surface area contributed by atoms with E-state index in [1.54, 1.807) is 14.2 Å². The van der Waals surface area contributed by atoms with Gasteiger partial charge in [0.2, 0.25) is 0 Å². The van der Waals surface area contributed by atoms with E-state index in [0.29, 0.717) is 5.92 Å². The van der Waals surface area contributed by atoms with Gasteiger partial charge in [0.25, 0.3) is 0 Å². The highest BCUT2D eigenvalue weighted by Crippen LogP contribution is 2.21. The van der Waals surface area contributed by atoms with Gasteiger partial charge >= 0.3 is 0 Å². The molecule has 0 aliphatic carbocycles. The molecule has 1 unspecified atom stereocenters. The summed E-state index contributed by atoms with van der Waals surface area (Å²) in [5.41, 5.74) is 2.35. The average Bonchev–Trinajstić information content (AvgIpc) is 2.27. The Morgan fingerprint density at radius 1 is 1.31 bits per heavy atom. The second-order valence-corrected chi connectivity index (χ2v) is 4.04. The third-order valence-corrected chi connectivity index (χ3v) is 2.42. The zero-order chi connectivity index (χ0) is 12.0. The highest BCUT2D eigenvalue weighted by molar-refractivity contribution is 5.58. The zero-order valence-electron chi connectivity index (χ0n) is 10.5. The molecule has 0 saturated carbocycles. The molecule has 1 atom stereocenters. The maximum Gasteiger partial charge on any atom is 0.126 e. The Balaban J connectivity index is 2.82. The number of benzene rings is 1. The summed E-state index contributed by atoms with van der Waals surface area (Å²) in [4.78, 5) is 0. The Bertz CT molecular complexity index is 356. The predicted octanol–water partition coefficient (Wildman–Crippen LogP) is 3.30. The first kappa shape index (κ1) is 12.8. The smallest absolute Gasteiger partial charge is 0.126 e. The summed E-state index contributed by atoms with van der Waals surface area (Å²) in [6.45, 7) is 4.95. The molecule has 0 aliphatic rings. The van der Waals surface area contributed by atoms with Crippen LogP contribution in [0.15, 0.2) is 24.3 Å². The van der Waals surface area contributed by atoms with Crippen LogP contribution in [0, 0.1) is 12.8 Å². The zero-order valence-corrected chi connectivity index (χ0v) is 10.5. The topological polar surface area (TPSA) is 18.5 Å². The largest absolute Gasteiger partial charge is 0.496 e. The molecule has 0 aliphatic heterocycles. The third-order valence-electron chi connectivity index (χ3n) is 2.42. The van der Waals surface area contributed by atoms with Gasteiger partial charge in [0.15, 0.2) is 0 Å². The Kier molecular flexibility index (Phi) is 5.06. The first-order valence-corrected chi connectivity index (χ1v) is 5.49. The van der Waals surface area contributed by atoms with Gasteiger partial charge in [0.1, 0.15) is 5.75 Å². The van der Waals surface area contributed by atoms with E-state index in [4.69, 9.17) is 9.47 Å². The lowest BCUT2D eigenvalue weighted by molar-refractivity contribution is 0.176. The van der Waals surface area contributed by atoms with Crippen molar-refractivity contribution in [2.45, 2.75) is 13.8 Å². The molecule has 1 aromatic carbocycles. The van der Waals surface area contributed by atoms with E-state index in [9.17, 15) is 0 Å². The first-order chi connectivity index (χ1) is 7.67. The van der Waals surface area contributed by atoms with E-state index < -0.39 is 0 Å². The van der Waals surface area contributed by atoms with E-state index in [0.717, 1.165) is 17.9 Å². The molecule has 0 bridgehead atoms. The van der Waals surface area contributed by atoms with E-state index in [1.165, 1.54) is 5.56 Å². The number of hydrogen-bond acceptors (Lipinski definition) is 2. The van der Waals surface area contributed by atoms with Crippen LogP contribution in [0.5, 0.6) is 5.75 Å². The number of rotatable bonds is 5. The van der Waals surface area contributed by atoms with Gasteiger partial charge in [-0.1, -0.05) is 30.7 Å². The summed E-state index contributed by atoms with van der Waals surface area (Å²) in [6.07, 6.45) is 4.23. The van der Waals surface area contributed by atoms with Crippen LogP contribution in [0.2, 0.25) is 0 Å². The van der Waals surface area contributed by atoms with Crippen molar-refractivity contribution in [3.05, 3.63) is 35.4 Å². The number of methoxy groups -OCH3 is 2. The lowest BCUT2D eigenvalue weighted by Gasteiger charge is -2.07. The van der Waals surface area contributed by atoms with Crippen molar-refractivity contribution in [3.63, 3.8) is 0 Å². The summed E-state index contributed by atoms with van der Waals surface area (Å²) in [5.74, 6) is 1.32. The van der Waals surface area contributed by atoms with Crippen molar-refractivity contribution in [2.75, 3.05) is 20.8 Å². The minimum Gasteiger partial charge on any atom is -0.496 e. The van der Waals surface area contributed by atoms with Crippen molar-refractivity contribution in [2.24, 2.45) is 5.92 Å². The van der Waals surface area contributed by atoms with Gasteiger partial charge in [-0.25, -0.2) is 0 Å². The van der Waals surface area contributed by atoms with Crippen LogP contribution in [0.4, 0.5) is 0 Å². The van der Waals surface area contributed by atoms with Crippen LogP contribution in [0.3, 0.4) is 0 Å². The second kappa shape index (κ2) is 6.33. The maximum absolute atomic E-state index is 5.31. The molecule has 1 rings (SSSR count). The van der Waals surface area contributed by atoms with Crippen molar-refractivity contribution >= 4 is 6.08 Å². The first-order valence-electron chi connectivity index (χ1n) is 5.49. The van der Waals surface area contributed by atoms with Gasteiger partial charge in [0.05, 0.1) is 13.7 Å². The standard InChI is InChI=1S/C14H20O2/c1-11-6-8-14(16-4)13(9-11)7-5-12(2)10-15-3/h5-9,12H,10H2,1-4H3/b7-5+. The molecule has 0 N–H and O–H groups in total. The third kappa shape index (κ3) is 3.70. The Morgan fingerprint density at radius 3 is 2.69 bits per heavy atom. The average molecular weight is 220 g/mol. The van der Waals surface area contributed by atoms with Crippen LogP contribution < -0.4 is 4.74 Å². The molecule has 0 radical (unpaired) electrons. The van der Waals surface area contributed by atoms with Gasteiger partial charge in [0, 0.05) is 12.7 Å². The number of ether oxygens (including phenoxy) is 2. The molecule has 0 saturated heterocycles. The summed E-state index contributed by atoms with van der Waals surface area (Å²) in [6, 6.07) is 6.17. The van der Waals surface area contributed by atoms with Crippen LogP contribution in [0.25, 0.3) is 6.08 Å². The van der Waals surface area contributed by atoms with Crippen molar-refractivity contribution in [1.82, 2.24) is 0 Å².